The molecule has 0 saturated carbocycles. The van der Waals surface area contributed by atoms with Gasteiger partial charge in [0.2, 0.25) is 5.91 Å². The number of nitrogens with two attached hydrogens (primary N) is 1. The van der Waals surface area contributed by atoms with E-state index in [1.165, 1.54) is 0 Å². The topological polar surface area (TPSA) is 91.6 Å². The van der Waals surface area contributed by atoms with Gasteiger partial charge >= 0.3 is 6.03 Å². The normalized spacial score (nSPS) is 21.8. The SMILES string of the molecule is CN1CC2CN(C(=O)Nc3cc(-c4ccncc4)ccc3N)CC2C1=O. The Hall–Kier alpha value is -3.09. The van der Waals surface area contributed by atoms with E-state index in [9.17, 15) is 9.59 Å². The van der Waals surface area contributed by atoms with Crippen molar-refractivity contribution >= 4 is 23.3 Å². The highest BCUT2D eigenvalue weighted by molar-refractivity contribution is 5.95. The molecule has 0 bridgehead atoms. The molecule has 0 radical (unpaired) electrons. The van der Waals surface area contributed by atoms with Gasteiger partial charge < -0.3 is 20.9 Å². The van der Waals surface area contributed by atoms with E-state index in [1.54, 1.807) is 28.3 Å². The minimum atomic E-state index is -0.214. The van der Waals surface area contributed by atoms with Gasteiger partial charge in [0.25, 0.3) is 0 Å². The lowest BCUT2D eigenvalue weighted by Crippen LogP contribution is -2.37. The summed E-state index contributed by atoms with van der Waals surface area (Å²) < 4.78 is 0. The smallest absolute Gasteiger partial charge is 0.321 e. The van der Waals surface area contributed by atoms with Crippen LogP contribution in [0.3, 0.4) is 0 Å². The Morgan fingerprint density at radius 3 is 2.65 bits per heavy atom. The number of hydrogen-bond donors (Lipinski definition) is 2. The van der Waals surface area contributed by atoms with Gasteiger partial charge in [-0.2, -0.15) is 0 Å². The first-order valence-corrected chi connectivity index (χ1v) is 8.64. The number of nitrogens with one attached hydrogen (secondary N) is 1. The van der Waals surface area contributed by atoms with Crippen molar-refractivity contribution < 1.29 is 9.59 Å². The molecule has 2 fully saturated rings. The molecule has 0 spiro atoms. The Balaban J connectivity index is 1.49. The molecule has 0 aliphatic carbocycles. The summed E-state index contributed by atoms with van der Waals surface area (Å²) in [5.74, 6) is 0.273. The largest absolute Gasteiger partial charge is 0.397 e. The van der Waals surface area contributed by atoms with Gasteiger partial charge in [0.1, 0.15) is 0 Å². The molecular weight excluding hydrogens is 330 g/mol. The first-order valence-electron chi connectivity index (χ1n) is 8.64. The Morgan fingerprint density at radius 2 is 1.92 bits per heavy atom. The van der Waals surface area contributed by atoms with Crippen LogP contribution in [0, 0.1) is 11.8 Å². The van der Waals surface area contributed by atoms with Crippen molar-refractivity contribution in [3.8, 4) is 11.1 Å². The number of nitrogens with zero attached hydrogens (tertiary/aromatic N) is 3. The number of fused-ring (bicyclic) bond motifs is 1. The molecule has 2 saturated heterocycles. The number of amides is 3. The molecule has 3 N–H and O–H groups in total. The maximum atomic E-state index is 12.7. The molecule has 1 aromatic carbocycles. The maximum Gasteiger partial charge on any atom is 0.321 e. The molecule has 2 aliphatic rings. The van der Waals surface area contributed by atoms with Crippen molar-refractivity contribution in [1.29, 1.82) is 0 Å². The zero-order valence-electron chi connectivity index (χ0n) is 14.6. The van der Waals surface area contributed by atoms with Crippen LogP contribution in [0.5, 0.6) is 0 Å². The van der Waals surface area contributed by atoms with Gasteiger partial charge in [-0.15, -0.1) is 0 Å². The maximum absolute atomic E-state index is 12.7. The molecule has 7 nitrogen and oxygen atoms in total. The lowest BCUT2D eigenvalue weighted by molar-refractivity contribution is -0.129. The second kappa shape index (κ2) is 6.33. The average molecular weight is 351 g/mol. The van der Waals surface area contributed by atoms with E-state index < -0.39 is 0 Å². The van der Waals surface area contributed by atoms with E-state index >= 15 is 0 Å². The lowest BCUT2D eigenvalue weighted by atomic mass is 10.0. The molecule has 26 heavy (non-hydrogen) atoms. The molecule has 3 amide bonds. The fraction of sp³-hybridized carbons (Fsp3) is 0.316. The fourth-order valence-electron chi connectivity index (χ4n) is 3.81. The summed E-state index contributed by atoms with van der Waals surface area (Å²) in [6.07, 6.45) is 3.45. The van der Waals surface area contributed by atoms with Crippen LogP contribution >= 0.6 is 0 Å². The second-order valence-electron chi connectivity index (χ2n) is 6.96. The van der Waals surface area contributed by atoms with Crippen molar-refractivity contribution in [2.24, 2.45) is 11.8 Å². The van der Waals surface area contributed by atoms with Crippen LogP contribution in [0.25, 0.3) is 11.1 Å². The van der Waals surface area contributed by atoms with Gasteiger partial charge in [-0.1, -0.05) is 6.07 Å². The third-order valence-electron chi connectivity index (χ3n) is 5.24. The van der Waals surface area contributed by atoms with Crippen molar-refractivity contribution in [1.82, 2.24) is 14.8 Å². The predicted octanol–water partition coefficient (Wildman–Crippen LogP) is 1.88. The van der Waals surface area contributed by atoms with Crippen LogP contribution in [0.15, 0.2) is 42.7 Å². The van der Waals surface area contributed by atoms with Crippen LogP contribution in [0.4, 0.5) is 16.2 Å². The molecule has 3 heterocycles. The number of carbonyl (C=O) groups is 2. The average Bonchev–Trinajstić information content (AvgIpc) is 3.17. The number of benzene rings is 1. The minimum absolute atomic E-state index is 0.0775. The van der Waals surface area contributed by atoms with Gasteiger partial charge in [0, 0.05) is 45.0 Å². The summed E-state index contributed by atoms with van der Waals surface area (Å²) in [6, 6.07) is 9.14. The first kappa shape index (κ1) is 16.4. The molecule has 2 aromatic rings. The zero-order chi connectivity index (χ0) is 18.3. The van der Waals surface area contributed by atoms with E-state index in [2.05, 4.69) is 10.3 Å². The third kappa shape index (κ3) is 2.85. The quantitative estimate of drug-likeness (QED) is 0.808. The standard InChI is InChI=1S/C19H21N5O2/c1-23-9-14-10-24(11-15(14)18(23)25)19(26)22-17-8-13(2-3-16(17)20)12-4-6-21-7-5-12/h2-8,14-15H,9-11,20H2,1H3,(H,22,26). The number of pyridine rings is 1. The van der Waals surface area contributed by atoms with Gasteiger partial charge in [-0.05, 0) is 35.4 Å². The van der Waals surface area contributed by atoms with Gasteiger partial charge in [-0.25, -0.2) is 4.79 Å². The Labute approximate surface area is 151 Å². The first-order chi connectivity index (χ1) is 12.5. The number of likely N-dealkylation sites (tertiary alicyclic amines) is 2. The highest BCUT2D eigenvalue weighted by Crippen LogP contribution is 2.32. The second-order valence-corrected chi connectivity index (χ2v) is 6.96. The zero-order valence-corrected chi connectivity index (χ0v) is 14.6. The predicted molar refractivity (Wildman–Crippen MR) is 99.3 cm³/mol. The minimum Gasteiger partial charge on any atom is -0.397 e. The summed E-state index contributed by atoms with van der Waals surface area (Å²) in [6.45, 7) is 1.77. The Morgan fingerprint density at radius 1 is 1.15 bits per heavy atom. The van der Waals surface area contributed by atoms with Crippen molar-refractivity contribution in [3.05, 3.63) is 42.7 Å². The van der Waals surface area contributed by atoms with E-state index in [0.29, 0.717) is 31.0 Å². The summed E-state index contributed by atoms with van der Waals surface area (Å²) in [5.41, 5.74) is 9.07. The monoisotopic (exact) mass is 351 g/mol. The number of hydrogen-bond acceptors (Lipinski definition) is 4. The summed E-state index contributed by atoms with van der Waals surface area (Å²) >= 11 is 0. The summed E-state index contributed by atoms with van der Waals surface area (Å²) in [5, 5.41) is 2.90. The van der Waals surface area contributed by atoms with Gasteiger partial charge in [0.15, 0.2) is 0 Å². The lowest BCUT2D eigenvalue weighted by Gasteiger charge is -2.20. The molecule has 4 rings (SSSR count). The molecule has 2 atom stereocenters. The van der Waals surface area contributed by atoms with Crippen LogP contribution in [0.2, 0.25) is 0 Å². The molecule has 7 heteroatoms. The van der Waals surface area contributed by atoms with Crippen molar-refractivity contribution in [3.63, 3.8) is 0 Å². The molecule has 134 valence electrons. The van der Waals surface area contributed by atoms with Gasteiger partial charge in [-0.3, -0.25) is 9.78 Å². The molecule has 2 unspecified atom stereocenters. The number of rotatable bonds is 2. The highest BCUT2D eigenvalue weighted by atomic mass is 16.2. The number of nitrogen functional groups attached to an aromatic ring is 1. The number of aromatic nitrogens is 1. The third-order valence-corrected chi connectivity index (χ3v) is 5.24. The van der Waals surface area contributed by atoms with Gasteiger partial charge in [0.05, 0.1) is 17.3 Å². The van der Waals surface area contributed by atoms with Crippen molar-refractivity contribution in [2.75, 3.05) is 37.7 Å². The highest BCUT2D eigenvalue weighted by Gasteiger charge is 2.46. The number of anilines is 2. The number of urea groups is 1. The summed E-state index contributed by atoms with van der Waals surface area (Å²) in [7, 11) is 1.82. The van der Waals surface area contributed by atoms with E-state index in [0.717, 1.165) is 11.1 Å². The van der Waals surface area contributed by atoms with Crippen LogP contribution in [-0.4, -0.2) is 53.4 Å². The number of carbonyl (C=O) groups excluding carboxylic acids is 2. The summed E-state index contributed by atoms with van der Waals surface area (Å²) in [4.78, 5) is 32.2. The van der Waals surface area contributed by atoms with E-state index in [4.69, 9.17) is 5.73 Å². The van der Waals surface area contributed by atoms with E-state index in [1.807, 2.05) is 31.3 Å². The molecule has 1 aromatic heterocycles. The molecule has 2 aliphatic heterocycles. The molecular formula is C19H21N5O2. The Kier molecular flexibility index (Phi) is 3.99. The fourth-order valence-corrected chi connectivity index (χ4v) is 3.81. The van der Waals surface area contributed by atoms with Crippen LogP contribution in [0.1, 0.15) is 0 Å². The van der Waals surface area contributed by atoms with Crippen LogP contribution < -0.4 is 11.1 Å². The Bertz CT molecular complexity index is 854. The van der Waals surface area contributed by atoms with E-state index in [-0.39, 0.29) is 23.8 Å². The van der Waals surface area contributed by atoms with Crippen molar-refractivity contribution in [2.45, 2.75) is 0 Å². The van der Waals surface area contributed by atoms with Crippen LogP contribution in [-0.2, 0) is 4.79 Å².